The zero-order valence-electron chi connectivity index (χ0n) is 20.1. The number of rotatable bonds is 9. The second-order valence-electron chi connectivity index (χ2n) is 7.88. The summed E-state index contributed by atoms with van der Waals surface area (Å²) >= 11 is 0. The van der Waals surface area contributed by atoms with E-state index in [4.69, 9.17) is 18.6 Å². The molecule has 1 amide bonds. The molecule has 4 aromatic rings. The Bertz CT molecular complexity index is 1250. The van der Waals surface area contributed by atoms with Crippen molar-refractivity contribution in [1.29, 1.82) is 0 Å². The van der Waals surface area contributed by atoms with Gasteiger partial charge in [-0.25, -0.2) is 9.78 Å². The first-order valence-corrected chi connectivity index (χ1v) is 11.4. The molecule has 0 bridgehead atoms. The maximum atomic E-state index is 12.7. The van der Waals surface area contributed by atoms with Gasteiger partial charge in [-0.3, -0.25) is 0 Å². The van der Waals surface area contributed by atoms with Crippen molar-refractivity contribution in [2.45, 2.75) is 27.0 Å². The molecular weight excluding hydrogens is 444 g/mol. The zero-order chi connectivity index (χ0) is 24.6. The molecule has 0 aliphatic heterocycles. The Kier molecular flexibility index (Phi) is 7.67. The maximum Gasteiger partial charge on any atom is 0.415 e. The number of benzene rings is 3. The average Bonchev–Trinajstić information content (AvgIpc) is 3.27. The number of ether oxygens (including phenoxy) is 3. The van der Waals surface area contributed by atoms with Gasteiger partial charge in [-0.05, 0) is 67.9 Å². The highest BCUT2D eigenvalue weighted by Crippen LogP contribution is 2.23. The van der Waals surface area contributed by atoms with E-state index in [2.05, 4.69) is 4.98 Å². The highest BCUT2D eigenvalue weighted by Gasteiger charge is 2.16. The Morgan fingerprint density at radius 2 is 1.69 bits per heavy atom. The molecule has 7 nitrogen and oxygen atoms in total. The molecule has 0 atom stereocenters. The third-order valence-electron chi connectivity index (χ3n) is 5.47. The van der Waals surface area contributed by atoms with Gasteiger partial charge >= 0.3 is 6.09 Å². The lowest BCUT2D eigenvalue weighted by Crippen LogP contribution is -2.32. The molecule has 35 heavy (non-hydrogen) atoms. The number of amides is 1. The quantitative estimate of drug-likeness (QED) is 0.286. The highest BCUT2D eigenvalue weighted by atomic mass is 16.6. The van der Waals surface area contributed by atoms with E-state index < -0.39 is 6.09 Å². The van der Waals surface area contributed by atoms with E-state index in [1.54, 1.807) is 36.3 Å². The van der Waals surface area contributed by atoms with Gasteiger partial charge in [0.1, 0.15) is 35.3 Å². The van der Waals surface area contributed by atoms with Crippen LogP contribution in [0, 0.1) is 6.92 Å². The van der Waals surface area contributed by atoms with Crippen molar-refractivity contribution in [2.75, 3.05) is 13.7 Å². The van der Waals surface area contributed by atoms with Crippen LogP contribution in [0.3, 0.4) is 0 Å². The molecule has 0 spiro atoms. The number of methoxy groups -OCH3 is 1. The van der Waals surface area contributed by atoms with E-state index in [0.717, 1.165) is 22.6 Å². The summed E-state index contributed by atoms with van der Waals surface area (Å²) in [4.78, 5) is 18.9. The Morgan fingerprint density at radius 1 is 0.943 bits per heavy atom. The van der Waals surface area contributed by atoms with Crippen LogP contribution < -0.4 is 14.2 Å². The number of aryl methyl sites for hydroxylation is 1. The van der Waals surface area contributed by atoms with Crippen LogP contribution in [-0.2, 0) is 13.2 Å². The second kappa shape index (κ2) is 11.2. The van der Waals surface area contributed by atoms with Crippen LogP contribution >= 0.6 is 0 Å². The largest absolute Gasteiger partial charge is 0.497 e. The molecular formula is C28H28N2O5. The summed E-state index contributed by atoms with van der Waals surface area (Å²) in [6.07, 6.45) is -0.421. The van der Waals surface area contributed by atoms with Crippen molar-refractivity contribution in [3.63, 3.8) is 0 Å². The van der Waals surface area contributed by atoms with E-state index in [1.807, 2.05) is 68.4 Å². The minimum atomic E-state index is -0.421. The van der Waals surface area contributed by atoms with Crippen molar-refractivity contribution in [3.8, 4) is 28.7 Å². The topological polar surface area (TPSA) is 74.0 Å². The molecule has 0 fully saturated rings. The van der Waals surface area contributed by atoms with Crippen molar-refractivity contribution in [2.24, 2.45) is 0 Å². The van der Waals surface area contributed by atoms with Crippen LogP contribution in [0.15, 0.2) is 83.3 Å². The first-order chi connectivity index (χ1) is 17.1. The van der Waals surface area contributed by atoms with Crippen molar-refractivity contribution < 1.29 is 23.4 Å². The Labute approximate surface area is 204 Å². The van der Waals surface area contributed by atoms with E-state index >= 15 is 0 Å². The fourth-order valence-corrected chi connectivity index (χ4v) is 3.49. The number of hydrogen-bond acceptors (Lipinski definition) is 6. The number of oxazole rings is 1. The number of nitrogens with zero attached hydrogens (tertiary/aromatic N) is 2. The van der Waals surface area contributed by atoms with Gasteiger partial charge in [-0.1, -0.05) is 30.3 Å². The molecule has 3 aromatic carbocycles. The summed E-state index contributed by atoms with van der Waals surface area (Å²) in [7, 11) is 1.59. The fourth-order valence-electron chi connectivity index (χ4n) is 3.49. The Balaban J connectivity index is 1.37. The molecule has 1 heterocycles. The standard InChI is InChI=1S/C28H28N2O5/c1-4-30(28(31)35-24-15-13-23(32-3)14-16-24)18-21-9-8-12-25(17-21)33-19-26-20(2)34-27(29-26)22-10-6-5-7-11-22/h5-17H,4,18-19H2,1-3H3. The van der Waals surface area contributed by atoms with E-state index in [0.29, 0.717) is 36.2 Å². The molecule has 0 saturated heterocycles. The molecule has 0 N–H and O–H groups in total. The minimum absolute atomic E-state index is 0.280. The van der Waals surface area contributed by atoms with Crippen LogP contribution in [0.5, 0.6) is 17.2 Å². The summed E-state index contributed by atoms with van der Waals surface area (Å²) in [5.74, 6) is 3.14. The van der Waals surface area contributed by atoms with Crippen molar-refractivity contribution >= 4 is 6.09 Å². The van der Waals surface area contributed by atoms with Gasteiger partial charge in [0.2, 0.25) is 5.89 Å². The average molecular weight is 473 g/mol. The van der Waals surface area contributed by atoms with Crippen LogP contribution in [0.1, 0.15) is 23.9 Å². The minimum Gasteiger partial charge on any atom is -0.497 e. The summed E-state index contributed by atoms with van der Waals surface area (Å²) in [5.41, 5.74) is 2.59. The molecule has 0 radical (unpaired) electrons. The molecule has 4 rings (SSSR count). The van der Waals surface area contributed by atoms with Gasteiger partial charge in [0.15, 0.2) is 0 Å². The Hall–Kier alpha value is -4.26. The van der Waals surface area contributed by atoms with Crippen molar-refractivity contribution in [1.82, 2.24) is 9.88 Å². The van der Waals surface area contributed by atoms with Gasteiger partial charge in [-0.2, -0.15) is 0 Å². The first kappa shape index (κ1) is 23.9. The third kappa shape index (κ3) is 6.20. The van der Waals surface area contributed by atoms with Crippen LogP contribution in [0.2, 0.25) is 0 Å². The SMILES string of the molecule is CCN(Cc1cccc(OCc2nc(-c3ccccc3)oc2C)c1)C(=O)Oc1ccc(OC)cc1. The second-order valence-corrected chi connectivity index (χ2v) is 7.88. The molecule has 1 aromatic heterocycles. The first-order valence-electron chi connectivity index (χ1n) is 11.4. The number of aromatic nitrogens is 1. The van der Waals surface area contributed by atoms with Gasteiger partial charge < -0.3 is 23.5 Å². The van der Waals surface area contributed by atoms with Gasteiger partial charge in [0.05, 0.1) is 7.11 Å². The third-order valence-corrected chi connectivity index (χ3v) is 5.47. The molecule has 7 heteroatoms. The lowest BCUT2D eigenvalue weighted by Gasteiger charge is -2.20. The predicted molar refractivity (Wildman–Crippen MR) is 133 cm³/mol. The van der Waals surface area contributed by atoms with E-state index in [1.165, 1.54) is 0 Å². The summed E-state index contributed by atoms with van der Waals surface area (Å²) in [6, 6.07) is 24.3. The smallest absolute Gasteiger partial charge is 0.415 e. The molecule has 180 valence electrons. The summed E-state index contributed by atoms with van der Waals surface area (Å²) in [5, 5.41) is 0. The molecule has 0 aliphatic carbocycles. The zero-order valence-corrected chi connectivity index (χ0v) is 20.1. The molecule has 0 unspecified atom stereocenters. The number of hydrogen-bond donors (Lipinski definition) is 0. The van der Waals surface area contributed by atoms with Crippen molar-refractivity contribution in [3.05, 3.63) is 95.9 Å². The maximum absolute atomic E-state index is 12.7. The number of carbonyl (C=O) groups is 1. The van der Waals surface area contributed by atoms with Crippen LogP contribution in [-0.4, -0.2) is 29.6 Å². The van der Waals surface area contributed by atoms with Crippen LogP contribution in [0.4, 0.5) is 4.79 Å². The molecule has 0 saturated carbocycles. The monoisotopic (exact) mass is 472 g/mol. The lowest BCUT2D eigenvalue weighted by atomic mass is 10.2. The van der Waals surface area contributed by atoms with Crippen LogP contribution in [0.25, 0.3) is 11.5 Å². The normalized spacial score (nSPS) is 10.6. The number of carbonyl (C=O) groups excluding carboxylic acids is 1. The van der Waals surface area contributed by atoms with Gasteiger partial charge in [0.25, 0.3) is 0 Å². The highest BCUT2D eigenvalue weighted by molar-refractivity contribution is 5.70. The van der Waals surface area contributed by atoms with E-state index in [9.17, 15) is 4.79 Å². The summed E-state index contributed by atoms with van der Waals surface area (Å²) < 4.78 is 22.4. The lowest BCUT2D eigenvalue weighted by molar-refractivity contribution is 0.152. The van der Waals surface area contributed by atoms with Gasteiger partial charge in [0, 0.05) is 18.7 Å². The summed E-state index contributed by atoms with van der Waals surface area (Å²) in [6.45, 7) is 4.96. The van der Waals surface area contributed by atoms with E-state index in [-0.39, 0.29) is 6.61 Å². The Morgan fingerprint density at radius 3 is 2.40 bits per heavy atom. The predicted octanol–water partition coefficient (Wildman–Crippen LogP) is 6.26. The fraction of sp³-hybridized carbons (Fsp3) is 0.214. The molecule has 0 aliphatic rings. The van der Waals surface area contributed by atoms with Gasteiger partial charge in [-0.15, -0.1) is 0 Å².